The zero-order valence-electron chi connectivity index (χ0n) is 17.7. The Morgan fingerprint density at radius 1 is 1.00 bits per heavy atom. The fourth-order valence-corrected chi connectivity index (χ4v) is 4.69. The smallest absolute Gasteiger partial charge is 0.236 e. The molecule has 1 amide bonds. The molecule has 156 valence electrons. The average molecular weight is 396 g/mol. The molecule has 6 heteroatoms. The van der Waals surface area contributed by atoms with Crippen molar-refractivity contribution in [2.45, 2.75) is 26.8 Å². The van der Waals surface area contributed by atoms with Crippen molar-refractivity contribution in [3.8, 4) is 5.69 Å². The van der Waals surface area contributed by atoms with Gasteiger partial charge < -0.3 is 4.90 Å². The van der Waals surface area contributed by atoms with E-state index in [0.29, 0.717) is 24.3 Å². The van der Waals surface area contributed by atoms with Gasteiger partial charge in [0.25, 0.3) is 0 Å². The first-order valence-corrected chi connectivity index (χ1v) is 10.9. The van der Waals surface area contributed by atoms with Gasteiger partial charge in [-0.05, 0) is 30.4 Å². The Kier molecular flexibility index (Phi) is 6.31. The van der Waals surface area contributed by atoms with Gasteiger partial charge in [0.15, 0.2) is 0 Å². The highest BCUT2D eigenvalue weighted by Gasteiger charge is 2.27. The molecule has 1 aromatic heterocycles. The summed E-state index contributed by atoms with van der Waals surface area (Å²) in [6, 6.07) is 10.2. The van der Waals surface area contributed by atoms with Crippen LogP contribution in [0.1, 0.15) is 25.8 Å². The van der Waals surface area contributed by atoms with Crippen molar-refractivity contribution >= 4 is 5.91 Å². The number of carbonyl (C=O) groups excluding carboxylic acids is 1. The Morgan fingerprint density at radius 2 is 1.66 bits per heavy atom. The van der Waals surface area contributed by atoms with E-state index in [0.717, 1.165) is 51.5 Å². The number of hydrogen-bond donors (Lipinski definition) is 0. The lowest BCUT2D eigenvalue weighted by atomic mass is 9.92. The normalized spacial score (nSPS) is 24.0. The third-order valence-electron chi connectivity index (χ3n) is 6.11. The summed E-state index contributed by atoms with van der Waals surface area (Å²) >= 11 is 0. The summed E-state index contributed by atoms with van der Waals surface area (Å²) in [5, 5.41) is 4.50. The zero-order chi connectivity index (χ0) is 20.2. The van der Waals surface area contributed by atoms with E-state index in [1.165, 1.54) is 12.0 Å². The maximum Gasteiger partial charge on any atom is 0.236 e. The molecule has 0 N–H and O–H groups in total. The Balaban J connectivity index is 1.24. The second kappa shape index (κ2) is 9.09. The minimum absolute atomic E-state index is 0.306. The number of nitrogens with zero attached hydrogens (tertiary/aromatic N) is 5. The van der Waals surface area contributed by atoms with Gasteiger partial charge in [0, 0.05) is 57.6 Å². The molecule has 3 heterocycles. The molecule has 2 fully saturated rings. The van der Waals surface area contributed by atoms with Crippen molar-refractivity contribution in [2.24, 2.45) is 11.8 Å². The topological polar surface area (TPSA) is 44.6 Å². The summed E-state index contributed by atoms with van der Waals surface area (Å²) < 4.78 is 1.94. The Hall–Kier alpha value is -2.18. The average Bonchev–Trinajstić information content (AvgIpc) is 3.18. The molecule has 29 heavy (non-hydrogen) atoms. The lowest BCUT2D eigenvalue weighted by Gasteiger charge is -2.38. The first-order valence-electron chi connectivity index (χ1n) is 10.9. The van der Waals surface area contributed by atoms with E-state index in [1.807, 2.05) is 29.1 Å². The largest absolute Gasteiger partial charge is 0.341 e. The molecule has 0 spiro atoms. The number of amides is 1. The summed E-state index contributed by atoms with van der Waals surface area (Å²) in [6.45, 7) is 11.8. The molecule has 2 saturated heterocycles. The van der Waals surface area contributed by atoms with Crippen LogP contribution in [0.2, 0.25) is 0 Å². The highest BCUT2D eigenvalue weighted by Crippen LogP contribution is 2.21. The molecule has 2 atom stereocenters. The Labute approximate surface area is 174 Å². The minimum atomic E-state index is 0.306. The minimum Gasteiger partial charge on any atom is -0.341 e. The maximum atomic E-state index is 12.7. The molecule has 4 rings (SSSR count). The predicted octanol–water partition coefficient (Wildman–Crippen LogP) is 2.49. The number of carbonyl (C=O) groups is 1. The second-order valence-electron chi connectivity index (χ2n) is 8.93. The monoisotopic (exact) mass is 395 g/mol. The molecule has 2 aliphatic rings. The van der Waals surface area contributed by atoms with Crippen molar-refractivity contribution < 1.29 is 4.79 Å². The van der Waals surface area contributed by atoms with Gasteiger partial charge in [-0.2, -0.15) is 5.10 Å². The van der Waals surface area contributed by atoms with E-state index >= 15 is 0 Å². The fourth-order valence-electron chi connectivity index (χ4n) is 4.69. The molecule has 0 saturated carbocycles. The Morgan fingerprint density at radius 3 is 2.34 bits per heavy atom. The van der Waals surface area contributed by atoms with Crippen LogP contribution in [0.5, 0.6) is 0 Å². The van der Waals surface area contributed by atoms with Crippen LogP contribution in [-0.4, -0.2) is 76.2 Å². The SMILES string of the molecule is CC1CC(C)CN(C(=O)CN2CCN(Cc3cnn(-c4ccccc4)c3)CC2)C1. The highest BCUT2D eigenvalue weighted by molar-refractivity contribution is 5.78. The molecule has 0 aliphatic carbocycles. The maximum absolute atomic E-state index is 12.7. The van der Waals surface area contributed by atoms with Gasteiger partial charge in [-0.1, -0.05) is 32.0 Å². The lowest BCUT2D eigenvalue weighted by molar-refractivity contribution is -0.135. The van der Waals surface area contributed by atoms with Crippen molar-refractivity contribution in [1.82, 2.24) is 24.5 Å². The molecule has 0 bridgehead atoms. The lowest BCUT2D eigenvalue weighted by Crippen LogP contribution is -2.51. The van der Waals surface area contributed by atoms with Crippen LogP contribution < -0.4 is 0 Å². The zero-order valence-corrected chi connectivity index (χ0v) is 17.7. The fraction of sp³-hybridized carbons (Fsp3) is 0.565. The van der Waals surface area contributed by atoms with Crippen LogP contribution in [0.25, 0.3) is 5.69 Å². The number of hydrogen-bond acceptors (Lipinski definition) is 4. The molecule has 2 aromatic rings. The molecule has 6 nitrogen and oxygen atoms in total. The van der Waals surface area contributed by atoms with E-state index in [2.05, 4.69) is 52.0 Å². The predicted molar refractivity (Wildman–Crippen MR) is 115 cm³/mol. The van der Waals surface area contributed by atoms with Crippen LogP contribution in [0.4, 0.5) is 0 Å². The first kappa shape index (κ1) is 20.1. The first-order chi connectivity index (χ1) is 14.1. The van der Waals surface area contributed by atoms with Gasteiger partial charge in [0.2, 0.25) is 5.91 Å². The van der Waals surface area contributed by atoms with Gasteiger partial charge in [0.05, 0.1) is 18.4 Å². The number of aromatic nitrogens is 2. The molecule has 2 aliphatic heterocycles. The van der Waals surface area contributed by atoms with Crippen molar-refractivity contribution in [2.75, 3.05) is 45.8 Å². The van der Waals surface area contributed by atoms with Crippen LogP contribution >= 0.6 is 0 Å². The van der Waals surface area contributed by atoms with E-state index in [9.17, 15) is 4.79 Å². The van der Waals surface area contributed by atoms with Crippen LogP contribution in [-0.2, 0) is 11.3 Å². The standard InChI is InChI=1S/C23H33N5O/c1-19-12-20(2)15-27(14-19)23(29)18-26-10-8-25(9-11-26)16-21-13-24-28(17-21)22-6-4-3-5-7-22/h3-7,13,17,19-20H,8-12,14-16,18H2,1-2H3. The molecule has 0 radical (unpaired) electrons. The number of rotatable bonds is 5. The number of piperidine rings is 1. The van der Waals surface area contributed by atoms with E-state index in [-0.39, 0.29) is 0 Å². The summed E-state index contributed by atoms with van der Waals surface area (Å²) in [4.78, 5) is 19.6. The molecular weight excluding hydrogens is 362 g/mol. The summed E-state index contributed by atoms with van der Waals surface area (Å²) in [6.07, 6.45) is 5.31. The summed E-state index contributed by atoms with van der Waals surface area (Å²) in [5.74, 6) is 1.55. The Bertz CT molecular complexity index is 787. The highest BCUT2D eigenvalue weighted by atomic mass is 16.2. The quantitative estimate of drug-likeness (QED) is 0.780. The van der Waals surface area contributed by atoms with Gasteiger partial charge in [-0.15, -0.1) is 0 Å². The number of piperazine rings is 1. The van der Waals surface area contributed by atoms with Crippen LogP contribution in [0, 0.1) is 11.8 Å². The molecule has 1 aromatic carbocycles. The number of para-hydroxylation sites is 1. The van der Waals surface area contributed by atoms with Crippen LogP contribution in [0.15, 0.2) is 42.7 Å². The third kappa shape index (κ3) is 5.25. The van der Waals surface area contributed by atoms with E-state index in [4.69, 9.17) is 0 Å². The molecular formula is C23H33N5O. The van der Waals surface area contributed by atoms with Crippen molar-refractivity contribution in [3.05, 3.63) is 48.3 Å². The summed E-state index contributed by atoms with van der Waals surface area (Å²) in [7, 11) is 0. The number of likely N-dealkylation sites (tertiary alicyclic amines) is 1. The van der Waals surface area contributed by atoms with Gasteiger partial charge in [0.1, 0.15) is 0 Å². The van der Waals surface area contributed by atoms with E-state index in [1.54, 1.807) is 0 Å². The van der Waals surface area contributed by atoms with E-state index < -0.39 is 0 Å². The van der Waals surface area contributed by atoms with Gasteiger partial charge >= 0.3 is 0 Å². The molecule has 2 unspecified atom stereocenters. The van der Waals surface area contributed by atoms with Crippen molar-refractivity contribution in [1.29, 1.82) is 0 Å². The van der Waals surface area contributed by atoms with Crippen molar-refractivity contribution in [3.63, 3.8) is 0 Å². The van der Waals surface area contributed by atoms with Gasteiger partial charge in [-0.3, -0.25) is 14.6 Å². The van der Waals surface area contributed by atoms with Gasteiger partial charge in [-0.25, -0.2) is 4.68 Å². The number of benzene rings is 1. The van der Waals surface area contributed by atoms with Crippen LogP contribution in [0.3, 0.4) is 0 Å². The summed E-state index contributed by atoms with van der Waals surface area (Å²) in [5.41, 5.74) is 2.32. The second-order valence-corrected chi connectivity index (χ2v) is 8.93. The third-order valence-corrected chi connectivity index (χ3v) is 6.11.